The van der Waals surface area contributed by atoms with Crippen LogP contribution in [0.4, 0.5) is 0 Å². The van der Waals surface area contributed by atoms with Gasteiger partial charge in [-0.15, -0.1) is 0 Å². The average molecular weight is 281 g/mol. The highest BCUT2D eigenvalue weighted by atomic mass is 16.2. The lowest BCUT2D eigenvalue weighted by atomic mass is 10.1. The Morgan fingerprint density at radius 2 is 2.10 bits per heavy atom. The van der Waals surface area contributed by atoms with Crippen LogP contribution < -0.4 is 0 Å². The van der Waals surface area contributed by atoms with Crippen molar-refractivity contribution in [1.82, 2.24) is 14.9 Å². The molecule has 2 aromatic heterocycles. The number of amides is 1. The SMILES string of the molecule is Cc1nc(C2CC2)ccc1C(=O)N(C)Cc1ccccn1. The summed E-state index contributed by atoms with van der Waals surface area (Å²) in [6.07, 6.45) is 4.18. The van der Waals surface area contributed by atoms with E-state index in [9.17, 15) is 4.79 Å². The molecule has 2 aromatic rings. The van der Waals surface area contributed by atoms with Crippen LogP contribution in [0.1, 0.15) is 46.2 Å². The minimum absolute atomic E-state index is 0.00648. The number of nitrogens with zero attached hydrogens (tertiary/aromatic N) is 3. The van der Waals surface area contributed by atoms with Gasteiger partial charge in [0, 0.05) is 24.9 Å². The second-order valence-electron chi connectivity index (χ2n) is 5.63. The van der Waals surface area contributed by atoms with Crippen LogP contribution in [-0.4, -0.2) is 27.8 Å². The number of carbonyl (C=O) groups excluding carboxylic acids is 1. The molecule has 0 aliphatic heterocycles. The van der Waals surface area contributed by atoms with Crippen LogP contribution in [0, 0.1) is 6.92 Å². The van der Waals surface area contributed by atoms with Crippen LogP contribution in [0.3, 0.4) is 0 Å². The molecule has 0 N–H and O–H groups in total. The first-order valence-corrected chi connectivity index (χ1v) is 7.28. The minimum Gasteiger partial charge on any atom is -0.336 e. The third kappa shape index (κ3) is 3.10. The number of rotatable bonds is 4. The molecule has 0 bridgehead atoms. The van der Waals surface area contributed by atoms with Gasteiger partial charge in [-0.05, 0) is 44.0 Å². The van der Waals surface area contributed by atoms with Crippen LogP contribution in [0.2, 0.25) is 0 Å². The van der Waals surface area contributed by atoms with E-state index in [1.807, 2.05) is 37.3 Å². The van der Waals surface area contributed by atoms with Crippen LogP contribution in [0.25, 0.3) is 0 Å². The predicted octanol–water partition coefficient (Wildman–Crippen LogP) is 2.93. The molecule has 2 heterocycles. The maximum Gasteiger partial charge on any atom is 0.255 e. The van der Waals surface area contributed by atoms with Gasteiger partial charge in [-0.2, -0.15) is 0 Å². The van der Waals surface area contributed by atoms with Gasteiger partial charge in [0.15, 0.2) is 0 Å². The standard InChI is InChI=1S/C17H19N3O/c1-12-15(8-9-16(19-12)13-6-7-13)17(21)20(2)11-14-5-3-4-10-18-14/h3-5,8-10,13H,6-7,11H2,1-2H3. The first-order chi connectivity index (χ1) is 10.1. The van der Waals surface area contributed by atoms with E-state index in [4.69, 9.17) is 0 Å². The quantitative estimate of drug-likeness (QED) is 0.865. The van der Waals surface area contributed by atoms with E-state index >= 15 is 0 Å². The average Bonchev–Trinajstić information content (AvgIpc) is 3.32. The lowest BCUT2D eigenvalue weighted by molar-refractivity contribution is 0.0782. The molecule has 0 saturated heterocycles. The molecule has 3 rings (SSSR count). The highest BCUT2D eigenvalue weighted by molar-refractivity contribution is 5.95. The Morgan fingerprint density at radius 1 is 1.29 bits per heavy atom. The summed E-state index contributed by atoms with van der Waals surface area (Å²) in [5.41, 5.74) is 3.50. The summed E-state index contributed by atoms with van der Waals surface area (Å²) in [6.45, 7) is 2.41. The number of hydrogen-bond donors (Lipinski definition) is 0. The zero-order valence-corrected chi connectivity index (χ0v) is 12.4. The number of carbonyl (C=O) groups is 1. The molecule has 0 radical (unpaired) electrons. The van der Waals surface area contributed by atoms with Gasteiger partial charge in [0.25, 0.3) is 5.91 Å². The second-order valence-corrected chi connectivity index (χ2v) is 5.63. The van der Waals surface area contributed by atoms with E-state index in [0.29, 0.717) is 18.0 Å². The van der Waals surface area contributed by atoms with Crippen LogP contribution in [0.5, 0.6) is 0 Å². The summed E-state index contributed by atoms with van der Waals surface area (Å²) < 4.78 is 0. The Labute approximate surface area is 124 Å². The molecule has 1 amide bonds. The fraction of sp³-hybridized carbons (Fsp3) is 0.353. The van der Waals surface area contributed by atoms with E-state index in [1.54, 1.807) is 18.1 Å². The number of aromatic nitrogens is 2. The Bertz CT molecular complexity index is 650. The van der Waals surface area contributed by atoms with Crippen molar-refractivity contribution in [3.05, 3.63) is 59.2 Å². The highest BCUT2D eigenvalue weighted by Gasteiger charge is 2.26. The molecule has 21 heavy (non-hydrogen) atoms. The summed E-state index contributed by atoms with van der Waals surface area (Å²) in [5, 5.41) is 0. The molecule has 0 atom stereocenters. The largest absolute Gasteiger partial charge is 0.336 e. The molecule has 1 saturated carbocycles. The van der Waals surface area contributed by atoms with E-state index < -0.39 is 0 Å². The number of pyridine rings is 2. The fourth-order valence-corrected chi connectivity index (χ4v) is 2.43. The lowest BCUT2D eigenvalue weighted by Gasteiger charge is -2.18. The van der Waals surface area contributed by atoms with E-state index in [0.717, 1.165) is 17.1 Å². The highest BCUT2D eigenvalue weighted by Crippen LogP contribution is 2.39. The van der Waals surface area contributed by atoms with Crippen molar-refractivity contribution < 1.29 is 4.79 Å². The van der Waals surface area contributed by atoms with Crippen molar-refractivity contribution in [2.24, 2.45) is 0 Å². The van der Waals surface area contributed by atoms with Crippen molar-refractivity contribution in [2.75, 3.05) is 7.05 Å². The molecular formula is C17H19N3O. The summed E-state index contributed by atoms with van der Waals surface area (Å²) in [5.74, 6) is 0.604. The van der Waals surface area contributed by atoms with Gasteiger partial charge in [0.05, 0.1) is 23.5 Å². The normalized spacial score (nSPS) is 14.0. The molecule has 1 aliphatic rings. The Balaban J connectivity index is 1.75. The Hall–Kier alpha value is -2.23. The number of hydrogen-bond acceptors (Lipinski definition) is 3. The summed E-state index contributed by atoms with van der Waals surface area (Å²) in [6, 6.07) is 9.62. The Morgan fingerprint density at radius 3 is 2.71 bits per heavy atom. The molecular weight excluding hydrogens is 262 g/mol. The molecule has 108 valence electrons. The smallest absolute Gasteiger partial charge is 0.255 e. The molecule has 1 aliphatic carbocycles. The second kappa shape index (κ2) is 5.64. The Kier molecular flexibility index (Phi) is 3.69. The van der Waals surface area contributed by atoms with E-state index in [-0.39, 0.29) is 5.91 Å². The van der Waals surface area contributed by atoms with Crippen molar-refractivity contribution in [3.8, 4) is 0 Å². The number of aryl methyl sites for hydroxylation is 1. The van der Waals surface area contributed by atoms with Gasteiger partial charge < -0.3 is 4.90 Å². The van der Waals surface area contributed by atoms with Crippen molar-refractivity contribution >= 4 is 5.91 Å². The molecule has 0 unspecified atom stereocenters. The first kappa shape index (κ1) is 13.7. The monoisotopic (exact) mass is 281 g/mol. The van der Waals surface area contributed by atoms with Crippen LogP contribution in [-0.2, 0) is 6.54 Å². The van der Waals surface area contributed by atoms with Gasteiger partial charge in [-0.1, -0.05) is 6.07 Å². The maximum atomic E-state index is 12.5. The maximum absolute atomic E-state index is 12.5. The van der Waals surface area contributed by atoms with Crippen LogP contribution in [0.15, 0.2) is 36.5 Å². The summed E-state index contributed by atoms with van der Waals surface area (Å²) in [7, 11) is 1.80. The zero-order valence-electron chi connectivity index (χ0n) is 12.4. The van der Waals surface area contributed by atoms with E-state index in [1.165, 1.54) is 12.8 Å². The first-order valence-electron chi connectivity index (χ1n) is 7.28. The van der Waals surface area contributed by atoms with Gasteiger partial charge in [0.2, 0.25) is 0 Å². The van der Waals surface area contributed by atoms with Crippen molar-refractivity contribution in [1.29, 1.82) is 0 Å². The molecule has 4 nitrogen and oxygen atoms in total. The van der Waals surface area contributed by atoms with Gasteiger partial charge >= 0.3 is 0 Å². The summed E-state index contributed by atoms with van der Waals surface area (Å²) >= 11 is 0. The van der Waals surface area contributed by atoms with Crippen LogP contribution >= 0.6 is 0 Å². The molecule has 0 aromatic carbocycles. The molecule has 1 fully saturated rings. The fourth-order valence-electron chi connectivity index (χ4n) is 2.43. The summed E-state index contributed by atoms with van der Waals surface area (Å²) in [4.78, 5) is 23.0. The third-order valence-corrected chi connectivity index (χ3v) is 3.81. The molecule has 4 heteroatoms. The van der Waals surface area contributed by atoms with Gasteiger partial charge in [-0.3, -0.25) is 14.8 Å². The third-order valence-electron chi connectivity index (χ3n) is 3.81. The van der Waals surface area contributed by atoms with Crippen molar-refractivity contribution in [3.63, 3.8) is 0 Å². The zero-order chi connectivity index (χ0) is 14.8. The van der Waals surface area contributed by atoms with Gasteiger partial charge in [0.1, 0.15) is 0 Å². The van der Waals surface area contributed by atoms with Crippen molar-refractivity contribution in [2.45, 2.75) is 32.2 Å². The minimum atomic E-state index is -0.00648. The molecule has 0 spiro atoms. The predicted molar refractivity (Wildman–Crippen MR) is 81.0 cm³/mol. The van der Waals surface area contributed by atoms with E-state index in [2.05, 4.69) is 9.97 Å². The van der Waals surface area contributed by atoms with Gasteiger partial charge in [-0.25, -0.2) is 0 Å². The lowest BCUT2D eigenvalue weighted by Crippen LogP contribution is -2.27. The topological polar surface area (TPSA) is 46.1 Å².